The molecule has 3 nitrogen and oxygen atoms in total. The highest BCUT2D eigenvalue weighted by Crippen LogP contribution is 2.50. The summed E-state index contributed by atoms with van der Waals surface area (Å²) in [5.41, 5.74) is 5.46. The number of hydrogen-bond acceptors (Lipinski definition) is 3. The molecule has 1 aliphatic heterocycles. The van der Waals surface area contributed by atoms with Crippen LogP contribution < -0.4 is 5.73 Å². The number of nitrogens with two attached hydrogens (primary N) is 1. The molecule has 0 fully saturated rings. The third kappa shape index (κ3) is 1.45. The van der Waals surface area contributed by atoms with E-state index in [-0.39, 0.29) is 16.4 Å². The average Bonchev–Trinajstić information content (AvgIpc) is 2.28. The van der Waals surface area contributed by atoms with Gasteiger partial charge >= 0.3 is 0 Å². The summed E-state index contributed by atoms with van der Waals surface area (Å²) in [4.78, 5) is 0. The molecule has 0 aliphatic carbocycles. The van der Waals surface area contributed by atoms with Crippen LogP contribution in [0.5, 0.6) is 0 Å². The smallest absolute Gasteiger partial charge is 0.144 e. The summed E-state index contributed by atoms with van der Waals surface area (Å²) in [6.07, 6.45) is 1.99. The number of azo groups is 1. The van der Waals surface area contributed by atoms with E-state index in [9.17, 15) is 0 Å². The van der Waals surface area contributed by atoms with Crippen LogP contribution in [0.15, 0.2) is 22.1 Å². The van der Waals surface area contributed by atoms with Crippen molar-refractivity contribution in [1.29, 1.82) is 0 Å². The molecule has 0 saturated heterocycles. The minimum Gasteiger partial charge on any atom is -0.382 e. The van der Waals surface area contributed by atoms with Crippen molar-refractivity contribution in [1.82, 2.24) is 0 Å². The van der Waals surface area contributed by atoms with E-state index >= 15 is 0 Å². The predicted molar refractivity (Wildman–Crippen MR) is 58.8 cm³/mol. The van der Waals surface area contributed by atoms with E-state index < -0.39 is 0 Å². The van der Waals surface area contributed by atoms with Crippen LogP contribution in [0, 0.1) is 10.8 Å². The molecular formula is C11H21N3. The maximum Gasteiger partial charge on any atom is 0.144 e. The normalized spacial score (nSPS) is 21.1. The summed E-state index contributed by atoms with van der Waals surface area (Å²) in [5.74, 6) is 0.537. The molecule has 14 heavy (non-hydrogen) atoms. The molecule has 0 aromatic carbocycles. The van der Waals surface area contributed by atoms with Crippen molar-refractivity contribution in [3.8, 4) is 0 Å². The molecule has 0 radical (unpaired) electrons. The van der Waals surface area contributed by atoms with Crippen molar-refractivity contribution < 1.29 is 0 Å². The second kappa shape index (κ2) is 2.81. The fourth-order valence-corrected chi connectivity index (χ4v) is 2.27. The summed E-state index contributed by atoms with van der Waals surface area (Å²) < 4.78 is 0. The molecule has 0 bridgehead atoms. The molecule has 2 N–H and O–H groups in total. The van der Waals surface area contributed by atoms with Gasteiger partial charge < -0.3 is 5.73 Å². The second-order valence-electron chi connectivity index (χ2n) is 6.04. The van der Waals surface area contributed by atoms with E-state index in [1.54, 1.807) is 0 Å². The van der Waals surface area contributed by atoms with Crippen LogP contribution in [0.3, 0.4) is 0 Å². The van der Waals surface area contributed by atoms with Crippen molar-refractivity contribution >= 4 is 0 Å². The zero-order chi connectivity index (χ0) is 11.2. The molecule has 0 unspecified atom stereocenters. The minimum atomic E-state index is -0.288. The Labute approximate surface area is 86.5 Å². The third-order valence-corrected chi connectivity index (χ3v) is 2.97. The van der Waals surface area contributed by atoms with Crippen LogP contribution in [0.1, 0.15) is 41.5 Å². The van der Waals surface area contributed by atoms with E-state index in [4.69, 9.17) is 5.73 Å². The highest BCUT2D eigenvalue weighted by Gasteiger charge is 2.51. The van der Waals surface area contributed by atoms with Gasteiger partial charge in [-0.15, -0.1) is 5.11 Å². The maximum atomic E-state index is 5.70. The molecule has 3 heteroatoms. The van der Waals surface area contributed by atoms with Gasteiger partial charge in [-0.2, -0.15) is 5.11 Å². The molecular weight excluding hydrogens is 174 g/mol. The van der Waals surface area contributed by atoms with Crippen molar-refractivity contribution in [2.75, 3.05) is 0 Å². The minimum absolute atomic E-state index is 0.0237. The van der Waals surface area contributed by atoms with Crippen LogP contribution in [0.4, 0.5) is 0 Å². The van der Waals surface area contributed by atoms with E-state index in [0.717, 1.165) is 0 Å². The highest BCUT2D eigenvalue weighted by molar-refractivity contribution is 5.24. The van der Waals surface area contributed by atoms with Gasteiger partial charge in [-0.25, -0.2) is 0 Å². The van der Waals surface area contributed by atoms with E-state index in [0.29, 0.717) is 5.82 Å². The molecule has 0 atom stereocenters. The first-order valence-electron chi connectivity index (χ1n) is 5.01. The Morgan fingerprint density at radius 1 is 1.07 bits per heavy atom. The van der Waals surface area contributed by atoms with Gasteiger partial charge in [-0.1, -0.05) is 41.5 Å². The second-order valence-corrected chi connectivity index (χ2v) is 6.04. The Kier molecular flexibility index (Phi) is 2.25. The van der Waals surface area contributed by atoms with Gasteiger partial charge in [0.1, 0.15) is 11.4 Å². The highest BCUT2D eigenvalue weighted by atomic mass is 15.2. The van der Waals surface area contributed by atoms with Crippen LogP contribution in [0.25, 0.3) is 0 Å². The lowest BCUT2D eigenvalue weighted by atomic mass is 9.60. The zero-order valence-electron chi connectivity index (χ0n) is 10.0. The molecule has 1 rings (SSSR count). The summed E-state index contributed by atoms with van der Waals surface area (Å²) in [5, 5.41) is 8.38. The largest absolute Gasteiger partial charge is 0.382 e. The Morgan fingerprint density at radius 2 is 1.50 bits per heavy atom. The molecule has 0 aromatic heterocycles. The summed E-state index contributed by atoms with van der Waals surface area (Å²) >= 11 is 0. The molecule has 0 saturated carbocycles. The van der Waals surface area contributed by atoms with Crippen LogP contribution >= 0.6 is 0 Å². The summed E-state index contributed by atoms with van der Waals surface area (Å²) in [6, 6.07) is 0. The molecule has 0 spiro atoms. The molecule has 80 valence electrons. The fourth-order valence-electron chi connectivity index (χ4n) is 2.27. The van der Waals surface area contributed by atoms with Crippen molar-refractivity contribution in [3.05, 3.63) is 11.9 Å². The monoisotopic (exact) mass is 195 g/mol. The van der Waals surface area contributed by atoms with Crippen molar-refractivity contribution in [3.63, 3.8) is 0 Å². The SMILES string of the molecule is CC(C)(C)C1(C(C)(C)C)C=C(N)N=N1. The lowest BCUT2D eigenvalue weighted by Gasteiger charge is -2.46. The van der Waals surface area contributed by atoms with Gasteiger partial charge in [0.05, 0.1) is 0 Å². The molecule has 0 aromatic rings. The van der Waals surface area contributed by atoms with E-state index in [2.05, 4.69) is 51.8 Å². The van der Waals surface area contributed by atoms with Crippen LogP contribution in [-0.4, -0.2) is 5.54 Å². The predicted octanol–water partition coefficient (Wildman–Crippen LogP) is 3.08. The lowest BCUT2D eigenvalue weighted by molar-refractivity contribution is 0.106. The lowest BCUT2D eigenvalue weighted by Crippen LogP contribution is -2.49. The van der Waals surface area contributed by atoms with Gasteiger partial charge in [-0.3, -0.25) is 0 Å². The van der Waals surface area contributed by atoms with Crippen LogP contribution in [-0.2, 0) is 0 Å². The Bertz CT molecular complexity index is 273. The standard InChI is InChI=1S/C11H21N3/c1-9(2,3)11(10(4,5)6)7-8(12)13-14-11/h7H,12H2,1-6H3. The topological polar surface area (TPSA) is 50.7 Å². The Hall–Kier alpha value is -0.860. The van der Waals surface area contributed by atoms with E-state index in [1.807, 2.05) is 6.08 Å². The van der Waals surface area contributed by atoms with Crippen LogP contribution in [0.2, 0.25) is 0 Å². The van der Waals surface area contributed by atoms with Gasteiger partial charge in [0.2, 0.25) is 0 Å². The number of nitrogens with zero attached hydrogens (tertiary/aromatic N) is 2. The fraction of sp³-hybridized carbons (Fsp3) is 0.818. The maximum absolute atomic E-state index is 5.70. The Balaban J connectivity index is 3.28. The number of rotatable bonds is 0. The summed E-state index contributed by atoms with van der Waals surface area (Å²) in [7, 11) is 0. The third-order valence-electron chi connectivity index (χ3n) is 2.97. The first kappa shape index (κ1) is 11.2. The first-order valence-corrected chi connectivity index (χ1v) is 5.01. The molecule has 1 aliphatic rings. The molecule has 1 heterocycles. The van der Waals surface area contributed by atoms with Gasteiger partial charge in [0.15, 0.2) is 0 Å². The van der Waals surface area contributed by atoms with Crippen molar-refractivity contribution in [2.45, 2.75) is 47.1 Å². The quantitative estimate of drug-likeness (QED) is 0.634. The van der Waals surface area contributed by atoms with Gasteiger partial charge in [0.25, 0.3) is 0 Å². The zero-order valence-corrected chi connectivity index (χ0v) is 10.0. The Morgan fingerprint density at radius 3 is 1.64 bits per heavy atom. The van der Waals surface area contributed by atoms with E-state index in [1.165, 1.54) is 0 Å². The van der Waals surface area contributed by atoms with Gasteiger partial charge in [-0.05, 0) is 16.9 Å². The first-order chi connectivity index (χ1) is 6.10. The number of hydrogen-bond donors (Lipinski definition) is 1. The summed E-state index contributed by atoms with van der Waals surface area (Å²) in [6.45, 7) is 13.0. The average molecular weight is 195 g/mol. The molecule has 0 amide bonds. The van der Waals surface area contributed by atoms with Gasteiger partial charge in [0, 0.05) is 0 Å². The van der Waals surface area contributed by atoms with Crippen molar-refractivity contribution in [2.24, 2.45) is 26.8 Å².